The smallest absolute Gasteiger partial charge is 0.251 e. The summed E-state index contributed by atoms with van der Waals surface area (Å²) in [5.41, 5.74) is 1.85. The van der Waals surface area contributed by atoms with E-state index in [0.717, 1.165) is 12.5 Å². The van der Waals surface area contributed by atoms with Crippen molar-refractivity contribution in [1.29, 1.82) is 0 Å². The number of hydrogen-bond donors (Lipinski definition) is 3. The van der Waals surface area contributed by atoms with E-state index < -0.39 is 0 Å². The number of halogens is 1. The van der Waals surface area contributed by atoms with E-state index in [2.05, 4.69) is 40.0 Å². The fourth-order valence-corrected chi connectivity index (χ4v) is 2.68. The molecule has 1 amide bonds. The number of methoxy groups -OCH3 is 1. The average Bonchev–Trinajstić information content (AvgIpc) is 2.75. The van der Waals surface area contributed by atoms with Gasteiger partial charge in [0.2, 0.25) is 0 Å². The summed E-state index contributed by atoms with van der Waals surface area (Å²) in [4.78, 5) is 16.9. The lowest BCUT2D eigenvalue weighted by Crippen LogP contribution is -2.41. The highest BCUT2D eigenvalue weighted by atomic mass is 127. The van der Waals surface area contributed by atoms with E-state index in [0.29, 0.717) is 36.9 Å². The molecule has 0 spiro atoms. The molecule has 1 unspecified atom stereocenters. The molecule has 2 aromatic carbocycles. The molecule has 3 N–H and O–H groups in total. The summed E-state index contributed by atoms with van der Waals surface area (Å²) in [5.74, 6) is 1.63. The van der Waals surface area contributed by atoms with E-state index >= 15 is 0 Å². The third-order valence-corrected chi connectivity index (χ3v) is 4.27. The van der Waals surface area contributed by atoms with Gasteiger partial charge < -0.3 is 20.7 Å². The van der Waals surface area contributed by atoms with Crippen molar-refractivity contribution < 1.29 is 9.53 Å². The number of aliphatic imine (C=N–C) groups is 1. The van der Waals surface area contributed by atoms with E-state index in [1.807, 2.05) is 31.2 Å². The van der Waals surface area contributed by atoms with Gasteiger partial charge in [0.1, 0.15) is 5.75 Å². The molecule has 158 valence electrons. The van der Waals surface area contributed by atoms with Gasteiger partial charge in [-0.1, -0.05) is 43.3 Å². The molecule has 6 nitrogen and oxygen atoms in total. The van der Waals surface area contributed by atoms with Crippen LogP contribution in [0.4, 0.5) is 0 Å². The number of guanidine groups is 1. The van der Waals surface area contributed by atoms with Crippen molar-refractivity contribution in [3.8, 4) is 5.75 Å². The van der Waals surface area contributed by atoms with E-state index in [1.165, 1.54) is 5.56 Å². The molecule has 0 aromatic heterocycles. The van der Waals surface area contributed by atoms with Crippen molar-refractivity contribution in [2.45, 2.75) is 19.8 Å². The van der Waals surface area contributed by atoms with E-state index in [9.17, 15) is 4.79 Å². The second kappa shape index (κ2) is 13.8. The van der Waals surface area contributed by atoms with Gasteiger partial charge in [-0.15, -0.1) is 24.0 Å². The quantitative estimate of drug-likeness (QED) is 0.209. The molecule has 0 saturated heterocycles. The summed E-state index contributed by atoms with van der Waals surface area (Å²) in [6.07, 6.45) is 0. The Morgan fingerprint density at radius 2 is 1.76 bits per heavy atom. The summed E-state index contributed by atoms with van der Waals surface area (Å²) in [6.45, 7) is 6.74. The lowest BCUT2D eigenvalue weighted by Gasteiger charge is -2.14. The number of amides is 1. The Morgan fingerprint density at radius 1 is 1.03 bits per heavy atom. The van der Waals surface area contributed by atoms with Crippen molar-refractivity contribution >= 4 is 35.8 Å². The summed E-state index contributed by atoms with van der Waals surface area (Å²) < 4.78 is 5.15. The minimum Gasteiger partial charge on any atom is -0.497 e. The maximum absolute atomic E-state index is 12.2. The van der Waals surface area contributed by atoms with Crippen LogP contribution >= 0.6 is 24.0 Å². The van der Waals surface area contributed by atoms with Gasteiger partial charge in [-0.2, -0.15) is 0 Å². The first kappa shape index (κ1) is 24.7. The molecule has 0 radical (unpaired) electrons. The van der Waals surface area contributed by atoms with Gasteiger partial charge in [0.15, 0.2) is 5.96 Å². The SMILES string of the molecule is CCNC(=NCC(C)c1ccccc1)NCCNC(=O)c1cccc(OC)c1.I. The average molecular weight is 510 g/mol. The lowest BCUT2D eigenvalue weighted by molar-refractivity contribution is 0.0954. The minimum absolute atomic E-state index is 0. The van der Waals surface area contributed by atoms with Crippen molar-refractivity contribution in [3.63, 3.8) is 0 Å². The summed E-state index contributed by atoms with van der Waals surface area (Å²) in [7, 11) is 1.58. The second-order valence-corrected chi connectivity index (χ2v) is 6.45. The van der Waals surface area contributed by atoms with Gasteiger partial charge >= 0.3 is 0 Å². The van der Waals surface area contributed by atoms with Crippen LogP contribution in [0, 0.1) is 0 Å². The summed E-state index contributed by atoms with van der Waals surface area (Å²) >= 11 is 0. The first-order valence-electron chi connectivity index (χ1n) is 9.63. The molecule has 1 atom stereocenters. The molecule has 7 heteroatoms. The van der Waals surface area contributed by atoms with Gasteiger partial charge in [0.25, 0.3) is 5.91 Å². The number of ether oxygens (including phenoxy) is 1. The zero-order chi connectivity index (χ0) is 20.2. The van der Waals surface area contributed by atoms with E-state index in [-0.39, 0.29) is 29.9 Å². The predicted octanol–water partition coefficient (Wildman–Crippen LogP) is 3.40. The third-order valence-electron chi connectivity index (χ3n) is 4.27. The monoisotopic (exact) mass is 510 g/mol. The van der Waals surface area contributed by atoms with Gasteiger partial charge in [-0.25, -0.2) is 0 Å². The van der Waals surface area contributed by atoms with Crippen molar-refractivity contribution in [2.24, 2.45) is 4.99 Å². The number of rotatable bonds is 9. The highest BCUT2D eigenvalue weighted by Gasteiger charge is 2.07. The first-order valence-corrected chi connectivity index (χ1v) is 9.63. The fraction of sp³-hybridized carbons (Fsp3) is 0.364. The number of benzene rings is 2. The second-order valence-electron chi connectivity index (χ2n) is 6.45. The van der Waals surface area contributed by atoms with Crippen LogP contribution in [-0.4, -0.2) is 45.2 Å². The fourth-order valence-electron chi connectivity index (χ4n) is 2.68. The number of nitrogens with one attached hydrogen (secondary N) is 3. The maximum atomic E-state index is 12.2. The first-order chi connectivity index (χ1) is 13.6. The number of nitrogens with zero attached hydrogens (tertiary/aromatic N) is 1. The van der Waals surface area contributed by atoms with Crippen LogP contribution in [0.25, 0.3) is 0 Å². The molecule has 2 aromatic rings. The van der Waals surface area contributed by atoms with Crippen LogP contribution in [0.5, 0.6) is 5.75 Å². The number of hydrogen-bond acceptors (Lipinski definition) is 3. The summed E-state index contributed by atoms with van der Waals surface area (Å²) in [6, 6.07) is 17.5. The molecule has 0 heterocycles. The Labute approximate surface area is 190 Å². The summed E-state index contributed by atoms with van der Waals surface area (Å²) in [5, 5.41) is 9.39. The van der Waals surface area contributed by atoms with Crippen LogP contribution in [-0.2, 0) is 0 Å². The Morgan fingerprint density at radius 3 is 2.45 bits per heavy atom. The highest BCUT2D eigenvalue weighted by molar-refractivity contribution is 14.0. The maximum Gasteiger partial charge on any atom is 0.251 e. The molecular weight excluding hydrogens is 479 g/mol. The highest BCUT2D eigenvalue weighted by Crippen LogP contribution is 2.14. The zero-order valence-electron chi connectivity index (χ0n) is 17.3. The van der Waals surface area contributed by atoms with Crippen molar-refractivity contribution in [1.82, 2.24) is 16.0 Å². The van der Waals surface area contributed by atoms with Crippen LogP contribution in [0.2, 0.25) is 0 Å². The Balaban J connectivity index is 0.00000420. The third kappa shape index (κ3) is 8.72. The standard InChI is InChI=1S/C22H30N4O2.HI/c1-4-23-22(26-16-17(2)18-9-6-5-7-10-18)25-14-13-24-21(27)19-11-8-12-20(15-19)28-3;/h5-12,15,17H,4,13-14,16H2,1-3H3,(H,24,27)(H2,23,25,26);1H. The molecule has 0 bridgehead atoms. The topological polar surface area (TPSA) is 74.8 Å². The van der Waals surface area contributed by atoms with Crippen molar-refractivity contribution in [2.75, 3.05) is 33.3 Å². The van der Waals surface area contributed by atoms with E-state index in [1.54, 1.807) is 25.3 Å². The Kier molecular flexibility index (Phi) is 11.8. The van der Waals surface area contributed by atoms with Gasteiger partial charge in [-0.3, -0.25) is 9.79 Å². The zero-order valence-corrected chi connectivity index (χ0v) is 19.6. The number of carbonyl (C=O) groups excluding carboxylic acids is 1. The van der Waals surface area contributed by atoms with Crippen molar-refractivity contribution in [3.05, 3.63) is 65.7 Å². The lowest BCUT2D eigenvalue weighted by atomic mass is 10.0. The predicted molar refractivity (Wildman–Crippen MR) is 130 cm³/mol. The van der Waals surface area contributed by atoms with Crippen LogP contribution in [0.1, 0.15) is 35.7 Å². The Hall–Kier alpha value is -2.29. The van der Waals surface area contributed by atoms with Crippen LogP contribution in [0.3, 0.4) is 0 Å². The molecule has 2 rings (SSSR count). The molecule has 0 aliphatic rings. The largest absolute Gasteiger partial charge is 0.497 e. The number of carbonyl (C=O) groups is 1. The van der Waals surface area contributed by atoms with Crippen LogP contribution in [0.15, 0.2) is 59.6 Å². The normalized spacial score (nSPS) is 11.8. The molecule has 0 aliphatic heterocycles. The van der Waals surface area contributed by atoms with Gasteiger partial charge in [-0.05, 0) is 30.7 Å². The minimum atomic E-state index is -0.125. The molecule has 0 saturated carbocycles. The van der Waals surface area contributed by atoms with Gasteiger partial charge in [0, 0.05) is 37.7 Å². The molecule has 0 fully saturated rings. The van der Waals surface area contributed by atoms with E-state index in [4.69, 9.17) is 4.74 Å². The van der Waals surface area contributed by atoms with Crippen LogP contribution < -0.4 is 20.7 Å². The molecule has 29 heavy (non-hydrogen) atoms. The molecular formula is C22H31IN4O2. The van der Waals surface area contributed by atoms with Gasteiger partial charge in [0.05, 0.1) is 7.11 Å². The Bertz CT molecular complexity index is 768. The molecule has 0 aliphatic carbocycles.